The summed E-state index contributed by atoms with van der Waals surface area (Å²) >= 11 is 0. The van der Waals surface area contributed by atoms with Gasteiger partial charge in [-0.15, -0.1) is 0 Å². The predicted octanol–water partition coefficient (Wildman–Crippen LogP) is 0.585. The summed E-state index contributed by atoms with van der Waals surface area (Å²) in [4.78, 5) is 21.3. The minimum atomic E-state index is -2.71. The molecule has 0 atom stereocenters. The number of aliphatic hydroxyl groups excluding tert-OH is 1. The number of alkyl halides is 2. The van der Waals surface area contributed by atoms with Crippen molar-refractivity contribution in [2.75, 3.05) is 25.1 Å². The van der Waals surface area contributed by atoms with Crippen LogP contribution >= 0.6 is 0 Å². The lowest BCUT2D eigenvalue weighted by Crippen LogP contribution is -2.38. The standard InChI is InChI=1S/C12H19F2N5O2/c1-7(2)11-16-5-8(18-15)10(17-11)12(21)19(3-4-20)6-9(13)14/h5,7,9,18,20H,3-4,6,15H2,1-2H3. The van der Waals surface area contributed by atoms with Crippen LogP contribution in [0.5, 0.6) is 0 Å². The number of amides is 1. The second-order valence-corrected chi connectivity index (χ2v) is 4.66. The summed E-state index contributed by atoms with van der Waals surface area (Å²) in [5, 5.41) is 8.90. The minimum Gasteiger partial charge on any atom is -0.395 e. The number of nitrogens with one attached hydrogen (secondary N) is 1. The predicted molar refractivity (Wildman–Crippen MR) is 72.9 cm³/mol. The van der Waals surface area contributed by atoms with E-state index in [1.807, 2.05) is 13.8 Å². The number of aromatic nitrogens is 2. The summed E-state index contributed by atoms with van der Waals surface area (Å²) in [7, 11) is 0. The van der Waals surface area contributed by atoms with Crippen LogP contribution in [-0.2, 0) is 0 Å². The van der Waals surface area contributed by atoms with Crippen LogP contribution < -0.4 is 11.3 Å². The molecule has 1 amide bonds. The SMILES string of the molecule is CC(C)c1ncc(NN)c(C(=O)N(CCO)CC(F)F)n1. The lowest BCUT2D eigenvalue weighted by Gasteiger charge is -2.22. The molecule has 0 unspecified atom stereocenters. The van der Waals surface area contributed by atoms with Crippen LogP contribution in [0.1, 0.15) is 36.1 Å². The van der Waals surface area contributed by atoms with Crippen molar-refractivity contribution in [2.24, 2.45) is 5.84 Å². The van der Waals surface area contributed by atoms with E-state index in [-0.39, 0.29) is 23.8 Å². The molecule has 1 heterocycles. The van der Waals surface area contributed by atoms with Gasteiger partial charge in [-0.05, 0) is 0 Å². The number of rotatable bonds is 7. The zero-order valence-electron chi connectivity index (χ0n) is 11.9. The summed E-state index contributed by atoms with van der Waals surface area (Å²) in [5.74, 6) is 4.92. The summed E-state index contributed by atoms with van der Waals surface area (Å²) in [6.07, 6.45) is -1.38. The lowest BCUT2D eigenvalue weighted by molar-refractivity contribution is 0.0504. The van der Waals surface area contributed by atoms with Crippen LogP contribution in [0.15, 0.2) is 6.20 Å². The number of nitrogens with two attached hydrogens (primary N) is 1. The average Bonchev–Trinajstić information content (AvgIpc) is 2.44. The Hall–Kier alpha value is -1.87. The molecule has 0 saturated carbocycles. The molecule has 1 aromatic rings. The molecule has 0 bridgehead atoms. The van der Waals surface area contributed by atoms with Crippen molar-refractivity contribution < 1.29 is 18.7 Å². The maximum Gasteiger partial charge on any atom is 0.275 e. The van der Waals surface area contributed by atoms with Gasteiger partial charge in [-0.2, -0.15) is 0 Å². The quantitative estimate of drug-likeness (QED) is 0.503. The number of hydrogen-bond acceptors (Lipinski definition) is 6. The number of nitrogen functional groups attached to an aromatic ring is 1. The Morgan fingerprint density at radius 2 is 2.19 bits per heavy atom. The Labute approximate surface area is 121 Å². The van der Waals surface area contributed by atoms with Crippen LogP contribution in [0.3, 0.4) is 0 Å². The molecular weight excluding hydrogens is 284 g/mol. The number of hydrazine groups is 1. The molecule has 7 nitrogen and oxygen atoms in total. The number of halogens is 2. The summed E-state index contributed by atoms with van der Waals surface area (Å²) < 4.78 is 25.1. The second-order valence-electron chi connectivity index (χ2n) is 4.66. The van der Waals surface area contributed by atoms with Gasteiger partial charge in [0.2, 0.25) is 0 Å². The zero-order valence-corrected chi connectivity index (χ0v) is 11.9. The van der Waals surface area contributed by atoms with Crippen LogP contribution in [0, 0.1) is 0 Å². The van der Waals surface area contributed by atoms with Gasteiger partial charge in [-0.3, -0.25) is 10.6 Å². The monoisotopic (exact) mass is 303 g/mol. The van der Waals surface area contributed by atoms with Gasteiger partial charge in [0.25, 0.3) is 12.3 Å². The first-order valence-electron chi connectivity index (χ1n) is 6.42. The first kappa shape index (κ1) is 17.2. The number of carbonyl (C=O) groups excluding carboxylic acids is 1. The third-order valence-corrected chi connectivity index (χ3v) is 2.70. The maximum atomic E-state index is 12.5. The van der Waals surface area contributed by atoms with Crippen LogP contribution in [0.2, 0.25) is 0 Å². The van der Waals surface area contributed by atoms with Gasteiger partial charge in [0, 0.05) is 12.5 Å². The highest BCUT2D eigenvalue weighted by Crippen LogP contribution is 2.17. The Kier molecular flexibility index (Phi) is 6.38. The maximum absolute atomic E-state index is 12.5. The molecular formula is C12H19F2N5O2. The van der Waals surface area contributed by atoms with E-state index in [9.17, 15) is 13.6 Å². The van der Waals surface area contributed by atoms with Gasteiger partial charge in [-0.25, -0.2) is 18.7 Å². The van der Waals surface area contributed by atoms with Gasteiger partial charge < -0.3 is 15.4 Å². The Bertz CT molecular complexity index is 485. The highest BCUT2D eigenvalue weighted by Gasteiger charge is 2.24. The highest BCUT2D eigenvalue weighted by atomic mass is 19.3. The van der Waals surface area contributed by atoms with Crippen molar-refractivity contribution in [1.29, 1.82) is 0 Å². The van der Waals surface area contributed by atoms with Crippen molar-refractivity contribution in [3.63, 3.8) is 0 Å². The third-order valence-electron chi connectivity index (χ3n) is 2.70. The van der Waals surface area contributed by atoms with Gasteiger partial charge in [0.15, 0.2) is 5.69 Å². The summed E-state index contributed by atoms with van der Waals surface area (Å²) in [5.41, 5.74) is 2.32. The van der Waals surface area contributed by atoms with E-state index in [1.165, 1.54) is 6.20 Å². The number of hydrogen-bond donors (Lipinski definition) is 3. The van der Waals surface area contributed by atoms with E-state index in [2.05, 4.69) is 15.4 Å². The number of nitrogens with zero attached hydrogens (tertiary/aromatic N) is 3. The number of carbonyl (C=O) groups is 1. The number of aliphatic hydroxyl groups is 1. The zero-order chi connectivity index (χ0) is 16.0. The molecule has 118 valence electrons. The van der Waals surface area contributed by atoms with E-state index in [4.69, 9.17) is 10.9 Å². The molecule has 0 aliphatic carbocycles. The molecule has 9 heteroatoms. The smallest absolute Gasteiger partial charge is 0.275 e. The molecule has 0 aliphatic rings. The van der Waals surface area contributed by atoms with Crippen molar-refractivity contribution in [2.45, 2.75) is 26.2 Å². The Balaban J connectivity index is 3.14. The third kappa shape index (κ3) is 4.57. The highest BCUT2D eigenvalue weighted by molar-refractivity contribution is 5.97. The first-order chi connectivity index (χ1) is 9.90. The van der Waals surface area contributed by atoms with E-state index in [0.29, 0.717) is 5.82 Å². The Morgan fingerprint density at radius 1 is 1.52 bits per heavy atom. The van der Waals surface area contributed by atoms with Crippen LogP contribution in [0.25, 0.3) is 0 Å². The van der Waals surface area contributed by atoms with Crippen molar-refractivity contribution in [1.82, 2.24) is 14.9 Å². The summed E-state index contributed by atoms with van der Waals surface area (Å²) in [6, 6.07) is 0. The van der Waals surface area contributed by atoms with Gasteiger partial charge in [-0.1, -0.05) is 13.8 Å². The topological polar surface area (TPSA) is 104 Å². The average molecular weight is 303 g/mol. The van der Waals surface area contributed by atoms with E-state index >= 15 is 0 Å². The molecule has 0 fully saturated rings. The Morgan fingerprint density at radius 3 is 2.67 bits per heavy atom. The number of anilines is 1. The lowest BCUT2D eigenvalue weighted by atomic mass is 10.2. The van der Waals surface area contributed by atoms with E-state index in [1.54, 1.807) is 0 Å². The molecule has 0 aromatic carbocycles. The fraction of sp³-hybridized carbons (Fsp3) is 0.583. The molecule has 1 aromatic heterocycles. The molecule has 0 spiro atoms. The minimum absolute atomic E-state index is 0.0373. The first-order valence-corrected chi connectivity index (χ1v) is 6.42. The molecule has 21 heavy (non-hydrogen) atoms. The van der Waals surface area contributed by atoms with E-state index < -0.39 is 25.5 Å². The van der Waals surface area contributed by atoms with Crippen LogP contribution in [-0.4, -0.2) is 52.0 Å². The normalized spacial score (nSPS) is 11.0. The fourth-order valence-corrected chi connectivity index (χ4v) is 1.66. The molecule has 1 rings (SSSR count). The molecule has 4 N–H and O–H groups in total. The fourth-order valence-electron chi connectivity index (χ4n) is 1.66. The van der Waals surface area contributed by atoms with E-state index in [0.717, 1.165) is 4.90 Å². The van der Waals surface area contributed by atoms with Crippen molar-refractivity contribution in [3.8, 4) is 0 Å². The largest absolute Gasteiger partial charge is 0.395 e. The van der Waals surface area contributed by atoms with Gasteiger partial charge in [0.05, 0.1) is 25.0 Å². The molecule has 0 aliphatic heterocycles. The van der Waals surface area contributed by atoms with Gasteiger partial charge >= 0.3 is 0 Å². The summed E-state index contributed by atoms with van der Waals surface area (Å²) in [6.45, 7) is 2.25. The van der Waals surface area contributed by atoms with Gasteiger partial charge in [0.1, 0.15) is 5.82 Å². The molecule has 0 saturated heterocycles. The van der Waals surface area contributed by atoms with Crippen molar-refractivity contribution in [3.05, 3.63) is 17.7 Å². The second kappa shape index (κ2) is 7.79. The van der Waals surface area contributed by atoms with Crippen LogP contribution in [0.4, 0.5) is 14.5 Å². The molecule has 0 radical (unpaired) electrons. The van der Waals surface area contributed by atoms with Crippen molar-refractivity contribution >= 4 is 11.6 Å².